The van der Waals surface area contributed by atoms with Crippen molar-refractivity contribution < 1.29 is 0 Å². The summed E-state index contributed by atoms with van der Waals surface area (Å²) in [6.07, 6.45) is 4.04. The SMILES string of the molecule is CC(NCc1ccc(Br)cn1)c1nnc2n1CCC2. The van der Waals surface area contributed by atoms with Gasteiger partial charge in [-0.05, 0) is 41.4 Å². The van der Waals surface area contributed by atoms with Gasteiger partial charge in [0.05, 0.1) is 11.7 Å². The molecule has 0 saturated heterocycles. The topological polar surface area (TPSA) is 55.6 Å². The molecular formula is C13H16BrN5. The molecule has 6 heteroatoms. The van der Waals surface area contributed by atoms with E-state index < -0.39 is 0 Å². The van der Waals surface area contributed by atoms with Crippen LogP contribution in [-0.4, -0.2) is 19.7 Å². The summed E-state index contributed by atoms with van der Waals surface area (Å²) >= 11 is 3.39. The van der Waals surface area contributed by atoms with Crippen molar-refractivity contribution in [2.75, 3.05) is 0 Å². The van der Waals surface area contributed by atoms with Crippen molar-refractivity contribution in [2.45, 2.75) is 38.9 Å². The number of fused-ring (bicyclic) bond motifs is 1. The van der Waals surface area contributed by atoms with Crippen LogP contribution in [0.5, 0.6) is 0 Å². The molecule has 0 aliphatic carbocycles. The van der Waals surface area contributed by atoms with Crippen LogP contribution in [-0.2, 0) is 19.5 Å². The van der Waals surface area contributed by atoms with Gasteiger partial charge in [0, 0.05) is 30.2 Å². The van der Waals surface area contributed by atoms with Gasteiger partial charge in [0.15, 0.2) is 0 Å². The van der Waals surface area contributed by atoms with Crippen LogP contribution in [0.25, 0.3) is 0 Å². The minimum Gasteiger partial charge on any atom is -0.314 e. The average Bonchev–Trinajstić information content (AvgIpc) is 3.00. The Morgan fingerprint density at radius 1 is 1.42 bits per heavy atom. The standard InChI is InChI=1S/C13H16BrN5/c1-9(13-18-17-12-3-2-6-19(12)13)15-8-11-5-4-10(14)7-16-11/h4-5,7,9,15H,2-3,6,8H2,1H3. The minimum atomic E-state index is 0.185. The van der Waals surface area contributed by atoms with E-state index in [1.807, 2.05) is 18.3 Å². The van der Waals surface area contributed by atoms with E-state index in [0.29, 0.717) is 0 Å². The zero-order valence-electron chi connectivity index (χ0n) is 10.8. The van der Waals surface area contributed by atoms with E-state index in [-0.39, 0.29) is 6.04 Å². The second-order valence-electron chi connectivity index (χ2n) is 4.80. The van der Waals surface area contributed by atoms with E-state index in [2.05, 4.69) is 47.9 Å². The Labute approximate surface area is 120 Å². The highest BCUT2D eigenvalue weighted by molar-refractivity contribution is 9.10. The molecule has 3 rings (SSSR count). The lowest BCUT2D eigenvalue weighted by molar-refractivity contribution is 0.512. The molecule has 5 nitrogen and oxygen atoms in total. The van der Waals surface area contributed by atoms with Crippen LogP contribution in [0.4, 0.5) is 0 Å². The highest BCUT2D eigenvalue weighted by Crippen LogP contribution is 2.19. The van der Waals surface area contributed by atoms with E-state index in [9.17, 15) is 0 Å². The first-order valence-corrected chi connectivity index (χ1v) is 7.29. The van der Waals surface area contributed by atoms with Gasteiger partial charge >= 0.3 is 0 Å². The first-order chi connectivity index (χ1) is 9.24. The van der Waals surface area contributed by atoms with E-state index in [4.69, 9.17) is 0 Å². The summed E-state index contributed by atoms with van der Waals surface area (Å²) in [6.45, 7) is 3.89. The van der Waals surface area contributed by atoms with Gasteiger partial charge < -0.3 is 9.88 Å². The van der Waals surface area contributed by atoms with Gasteiger partial charge in [0.25, 0.3) is 0 Å². The van der Waals surface area contributed by atoms with Gasteiger partial charge in [0.1, 0.15) is 11.6 Å². The van der Waals surface area contributed by atoms with Gasteiger partial charge in [-0.1, -0.05) is 0 Å². The van der Waals surface area contributed by atoms with E-state index >= 15 is 0 Å². The predicted molar refractivity (Wildman–Crippen MR) is 75.5 cm³/mol. The molecule has 100 valence electrons. The molecule has 3 heterocycles. The molecule has 0 aromatic carbocycles. The van der Waals surface area contributed by atoms with Crippen LogP contribution < -0.4 is 5.32 Å². The van der Waals surface area contributed by atoms with Gasteiger partial charge in [-0.2, -0.15) is 0 Å². The lowest BCUT2D eigenvalue weighted by Gasteiger charge is -2.13. The predicted octanol–water partition coefficient (Wildman–Crippen LogP) is 2.23. The Kier molecular flexibility index (Phi) is 3.61. The molecule has 1 unspecified atom stereocenters. The normalized spacial score (nSPS) is 15.5. The maximum atomic E-state index is 4.35. The van der Waals surface area contributed by atoms with Crippen LogP contribution >= 0.6 is 15.9 Å². The molecule has 0 saturated carbocycles. The van der Waals surface area contributed by atoms with Crippen LogP contribution in [0.1, 0.15) is 36.7 Å². The lowest BCUT2D eigenvalue weighted by Crippen LogP contribution is -2.22. The molecule has 0 spiro atoms. The summed E-state index contributed by atoms with van der Waals surface area (Å²) < 4.78 is 3.23. The van der Waals surface area contributed by atoms with E-state index in [1.165, 1.54) is 6.42 Å². The van der Waals surface area contributed by atoms with Crippen molar-refractivity contribution >= 4 is 15.9 Å². The average molecular weight is 322 g/mol. The minimum absolute atomic E-state index is 0.185. The van der Waals surface area contributed by atoms with Gasteiger partial charge in [-0.25, -0.2) is 0 Å². The molecule has 1 N–H and O–H groups in total. The summed E-state index contributed by atoms with van der Waals surface area (Å²) in [5, 5.41) is 12.0. The molecule has 19 heavy (non-hydrogen) atoms. The zero-order chi connectivity index (χ0) is 13.2. The summed E-state index contributed by atoms with van der Waals surface area (Å²) in [4.78, 5) is 4.35. The molecule has 1 atom stereocenters. The molecule has 2 aromatic rings. The summed E-state index contributed by atoms with van der Waals surface area (Å²) in [5.41, 5.74) is 1.02. The fourth-order valence-corrected chi connectivity index (χ4v) is 2.59. The maximum absolute atomic E-state index is 4.35. The third kappa shape index (κ3) is 2.69. The highest BCUT2D eigenvalue weighted by atomic mass is 79.9. The molecular weight excluding hydrogens is 306 g/mol. The molecule has 0 radical (unpaired) electrons. The number of halogens is 1. The highest BCUT2D eigenvalue weighted by Gasteiger charge is 2.20. The number of nitrogens with one attached hydrogen (secondary N) is 1. The molecule has 0 amide bonds. The zero-order valence-corrected chi connectivity index (χ0v) is 12.4. The molecule has 2 aromatic heterocycles. The summed E-state index contributed by atoms with van der Waals surface area (Å²) in [5.74, 6) is 2.15. The van der Waals surface area contributed by atoms with Gasteiger partial charge in [0.2, 0.25) is 0 Å². The van der Waals surface area contributed by atoms with E-state index in [0.717, 1.165) is 41.3 Å². The first-order valence-electron chi connectivity index (χ1n) is 6.50. The smallest absolute Gasteiger partial charge is 0.149 e. The first kappa shape index (κ1) is 12.7. The fraction of sp³-hybridized carbons (Fsp3) is 0.462. The van der Waals surface area contributed by atoms with Crippen molar-refractivity contribution in [2.24, 2.45) is 0 Å². The number of aryl methyl sites for hydroxylation is 1. The Hall–Kier alpha value is -1.27. The quantitative estimate of drug-likeness (QED) is 0.938. The summed E-state index contributed by atoms with van der Waals surface area (Å²) in [7, 11) is 0. The largest absolute Gasteiger partial charge is 0.314 e. The third-order valence-corrected chi connectivity index (χ3v) is 3.87. The molecule has 0 bridgehead atoms. The second-order valence-corrected chi connectivity index (χ2v) is 5.72. The Morgan fingerprint density at radius 2 is 2.32 bits per heavy atom. The lowest BCUT2D eigenvalue weighted by atomic mass is 10.3. The van der Waals surface area contributed by atoms with Crippen molar-refractivity contribution in [1.29, 1.82) is 0 Å². The summed E-state index contributed by atoms with van der Waals surface area (Å²) in [6, 6.07) is 4.20. The van der Waals surface area contributed by atoms with Crippen molar-refractivity contribution in [1.82, 2.24) is 25.1 Å². The molecule has 1 aliphatic rings. The van der Waals surface area contributed by atoms with Crippen LogP contribution in [0.15, 0.2) is 22.8 Å². The van der Waals surface area contributed by atoms with E-state index in [1.54, 1.807) is 0 Å². The van der Waals surface area contributed by atoms with Crippen molar-refractivity contribution in [3.8, 4) is 0 Å². The second kappa shape index (κ2) is 5.38. The Morgan fingerprint density at radius 3 is 3.11 bits per heavy atom. The molecule has 1 aliphatic heterocycles. The number of hydrogen-bond donors (Lipinski definition) is 1. The number of rotatable bonds is 4. The van der Waals surface area contributed by atoms with Crippen LogP contribution in [0.2, 0.25) is 0 Å². The molecule has 0 fully saturated rings. The Balaban J connectivity index is 1.65. The number of pyridine rings is 1. The van der Waals surface area contributed by atoms with Gasteiger partial charge in [-0.3, -0.25) is 4.98 Å². The number of hydrogen-bond acceptors (Lipinski definition) is 4. The number of nitrogens with zero attached hydrogens (tertiary/aromatic N) is 4. The fourth-order valence-electron chi connectivity index (χ4n) is 2.35. The van der Waals surface area contributed by atoms with Crippen LogP contribution in [0.3, 0.4) is 0 Å². The van der Waals surface area contributed by atoms with Crippen molar-refractivity contribution in [3.05, 3.63) is 40.1 Å². The Bertz CT molecular complexity index is 563. The van der Waals surface area contributed by atoms with Gasteiger partial charge in [-0.15, -0.1) is 10.2 Å². The maximum Gasteiger partial charge on any atom is 0.149 e. The van der Waals surface area contributed by atoms with Crippen molar-refractivity contribution in [3.63, 3.8) is 0 Å². The third-order valence-electron chi connectivity index (χ3n) is 3.40. The van der Waals surface area contributed by atoms with Crippen LogP contribution in [0, 0.1) is 0 Å². The monoisotopic (exact) mass is 321 g/mol. The number of aromatic nitrogens is 4.